The van der Waals surface area contributed by atoms with E-state index in [1.807, 2.05) is 4.90 Å². The van der Waals surface area contributed by atoms with E-state index >= 15 is 0 Å². The number of aliphatic carboxylic acids is 4. The SMILES string of the molecule is CCCCCC#CC#CCCCCCCCCC(=O)OCC(CN(C)CCN(C)C(=O)CN(CCN(CCN(CC(=O)O)CC(=O)O)CC(=O)O)CC(=O)O)OC(=O)CCCCCCCCC#CC#CCCCCC. The average Bonchev–Trinajstić information content (AvgIpc) is 3.34. The zero-order chi connectivity index (χ0) is 55.7. The van der Waals surface area contributed by atoms with Gasteiger partial charge in [0.05, 0.1) is 32.7 Å². The van der Waals surface area contributed by atoms with Crippen LogP contribution in [0.15, 0.2) is 0 Å². The highest BCUT2D eigenvalue weighted by molar-refractivity contribution is 5.79. The van der Waals surface area contributed by atoms with Gasteiger partial charge in [-0.3, -0.25) is 48.3 Å². The van der Waals surface area contributed by atoms with E-state index in [1.54, 1.807) is 14.1 Å². The zero-order valence-electron chi connectivity index (χ0n) is 45.9. The Hall–Kier alpha value is -5.63. The van der Waals surface area contributed by atoms with Gasteiger partial charge >= 0.3 is 35.8 Å². The maximum atomic E-state index is 13.4. The first-order chi connectivity index (χ1) is 36.1. The number of esters is 2. The topological polar surface area (TPSA) is 235 Å². The predicted molar refractivity (Wildman–Crippen MR) is 289 cm³/mol. The van der Waals surface area contributed by atoms with Crippen LogP contribution in [0.4, 0.5) is 0 Å². The van der Waals surface area contributed by atoms with E-state index < -0.39 is 62.1 Å². The minimum atomic E-state index is -1.25. The van der Waals surface area contributed by atoms with Gasteiger partial charge in [-0.05, 0) is 69.3 Å². The second kappa shape index (κ2) is 48.0. The Morgan fingerprint density at radius 1 is 0.427 bits per heavy atom. The molecule has 0 radical (unpaired) electrons. The van der Waals surface area contributed by atoms with Gasteiger partial charge in [0, 0.05) is 91.4 Å². The Morgan fingerprint density at radius 3 is 1.21 bits per heavy atom. The number of nitrogens with zero attached hydrogens (tertiary/aromatic N) is 5. The fourth-order valence-electron chi connectivity index (χ4n) is 7.59. The number of hydrogen-bond donors (Lipinski definition) is 4. The number of hydrogen-bond acceptors (Lipinski definition) is 13. The van der Waals surface area contributed by atoms with Crippen molar-refractivity contribution in [2.45, 2.75) is 174 Å². The first-order valence-electron chi connectivity index (χ1n) is 27.3. The monoisotopic (exact) mass is 1050 g/mol. The minimum Gasteiger partial charge on any atom is -0.480 e. The average molecular weight is 1050 g/mol. The lowest BCUT2D eigenvalue weighted by Crippen LogP contribution is -2.47. The van der Waals surface area contributed by atoms with Crippen LogP contribution >= 0.6 is 0 Å². The molecule has 0 fully saturated rings. The number of amides is 1. The Kier molecular flexibility index (Phi) is 44.4. The normalized spacial score (nSPS) is 11.1. The minimum absolute atomic E-state index is 0.00319. The molecule has 0 saturated heterocycles. The maximum absolute atomic E-state index is 13.4. The molecule has 18 nitrogen and oxygen atoms in total. The van der Waals surface area contributed by atoms with Crippen LogP contribution in [0.1, 0.15) is 168 Å². The fourth-order valence-corrected chi connectivity index (χ4v) is 7.59. The number of likely N-dealkylation sites (N-methyl/N-ethyl adjacent to an activating group) is 2. The highest BCUT2D eigenvalue weighted by Gasteiger charge is 2.23. The Morgan fingerprint density at radius 2 is 0.787 bits per heavy atom. The van der Waals surface area contributed by atoms with Crippen LogP contribution in [0.3, 0.4) is 0 Å². The molecule has 4 N–H and O–H groups in total. The zero-order valence-corrected chi connectivity index (χ0v) is 45.9. The number of carboxylic acids is 4. The molecule has 75 heavy (non-hydrogen) atoms. The summed E-state index contributed by atoms with van der Waals surface area (Å²) in [6.45, 7) is 2.39. The lowest BCUT2D eigenvalue weighted by molar-refractivity contribution is -0.160. The predicted octanol–water partition coefficient (Wildman–Crippen LogP) is 6.49. The highest BCUT2D eigenvalue weighted by atomic mass is 16.6. The standard InChI is InChI=1S/C57H91N5O13/c1-5-7-9-11-13-15-17-19-21-23-25-27-29-31-33-35-56(72)74-49-50(75-57(73)36-34-32-30-28-26-24-22-20-18-16-14-12-10-8-6-2)43-58(3)37-38-59(4)51(63)44-61(46-53(66)67)41-39-60(45-52(64)65)40-42-62(47-54(68)69)48-55(70)71/h50H,5-12,21-49H2,1-4H3,(H,64,65)(H,66,67)(H,68,69)(H,70,71). The van der Waals surface area contributed by atoms with Crippen LogP contribution < -0.4 is 0 Å². The third-order valence-corrected chi connectivity index (χ3v) is 11.9. The molecule has 0 bridgehead atoms. The molecule has 1 atom stereocenters. The lowest BCUT2D eigenvalue weighted by Gasteiger charge is -2.29. The number of ether oxygens (including phenoxy) is 2. The van der Waals surface area contributed by atoms with E-state index in [2.05, 4.69) is 61.2 Å². The molecule has 0 saturated carbocycles. The largest absolute Gasteiger partial charge is 0.480 e. The summed E-state index contributed by atoms with van der Waals surface area (Å²) in [5.74, 6) is 18.1. The molecule has 18 heteroatoms. The third kappa shape index (κ3) is 46.6. The molecule has 0 aliphatic rings. The summed E-state index contributed by atoms with van der Waals surface area (Å²) in [4.78, 5) is 92.3. The van der Waals surface area contributed by atoms with Crippen molar-refractivity contribution in [2.24, 2.45) is 0 Å². The molecule has 0 spiro atoms. The second-order valence-corrected chi connectivity index (χ2v) is 19.0. The van der Waals surface area contributed by atoms with Crippen molar-refractivity contribution in [3.8, 4) is 47.4 Å². The number of carboxylic acid groups (broad SMARTS) is 4. The highest BCUT2D eigenvalue weighted by Crippen LogP contribution is 2.12. The molecule has 0 aliphatic heterocycles. The molecular weight excluding hydrogens is 963 g/mol. The fraction of sp³-hybridized carbons (Fsp3) is 0.737. The van der Waals surface area contributed by atoms with E-state index in [0.717, 1.165) is 108 Å². The molecule has 1 amide bonds. The van der Waals surface area contributed by atoms with Crippen LogP contribution in [0.5, 0.6) is 0 Å². The molecule has 0 aliphatic carbocycles. The number of rotatable bonds is 46. The van der Waals surface area contributed by atoms with E-state index in [0.29, 0.717) is 19.4 Å². The molecule has 0 rings (SSSR count). The first kappa shape index (κ1) is 69.4. The van der Waals surface area contributed by atoms with Gasteiger partial charge in [-0.2, -0.15) is 0 Å². The molecule has 0 aromatic heterocycles. The molecule has 0 aromatic rings. The van der Waals surface area contributed by atoms with Gasteiger partial charge in [-0.25, -0.2) is 0 Å². The van der Waals surface area contributed by atoms with Crippen LogP contribution in [0.25, 0.3) is 0 Å². The van der Waals surface area contributed by atoms with Crippen molar-refractivity contribution in [1.29, 1.82) is 0 Å². The van der Waals surface area contributed by atoms with E-state index in [4.69, 9.17) is 19.7 Å². The van der Waals surface area contributed by atoms with Crippen molar-refractivity contribution in [2.75, 3.05) is 99.2 Å². The van der Waals surface area contributed by atoms with Crippen molar-refractivity contribution in [3.05, 3.63) is 0 Å². The Bertz CT molecular complexity index is 1880. The summed E-state index contributed by atoms with van der Waals surface area (Å²) in [5.41, 5.74) is 0. The third-order valence-electron chi connectivity index (χ3n) is 11.9. The summed E-state index contributed by atoms with van der Waals surface area (Å²) >= 11 is 0. The van der Waals surface area contributed by atoms with Crippen LogP contribution in [-0.4, -0.2) is 192 Å². The van der Waals surface area contributed by atoms with Gasteiger partial charge in [0.2, 0.25) is 5.91 Å². The van der Waals surface area contributed by atoms with Crippen LogP contribution in [0.2, 0.25) is 0 Å². The van der Waals surface area contributed by atoms with Gasteiger partial charge in [-0.1, -0.05) is 115 Å². The van der Waals surface area contributed by atoms with Gasteiger partial charge in [0.25, 0.3) is 0 Å². The summed E-state index contributed by atoms with van der Waals surface area (Å²) in [7, 11) is 3.35. The van der Waals surface area contributed by atoms with E-state index in [-0.39, 0.29) is 77.2 Å². The van der Waals surface area contributed by atoms with Gasteiger partial charge in [-0.15, -0.1) is 0 Å². The summed E-state index contributed by atoms with van der Waals surface area (Å²) in [6.07, 6.45) is 21.5. The quantitative estimate of drug-likeness (QED) is 0.0290. The van der Waals surface area contributed by atoms with Gasteiger partial charge in [0.1, 0.15) is 12.7 Å². The van der Waals surface area contributed by atoms with Gasteiger partial charge in [0.15, 0.2) is 0 Å². The van der Waals surface area contributed by atoms with Crippen molar-refractivity contribution in [3.63, 3.8) is 0 Å². The van der Waals surface area contributed by atoms with Gasteiger partial charge < -0.3 is 39.7 Å². The summed E-state index contributed by atoms with van der Waals surface area (Å²) in [6, 6.07) is 0. The first-order valence-corrected chi connectivity index (χ1v) is 27.3. The van der Waals surface area contributed by atoms with Crippen molar-refractivity contribution in [1.82, 2.24) is 24.5 Å². The molecular formula is C57H91N5O13. The van der Waals surface area contributed by atoms with E-state index in [1.165, 1.54) is 40.4 Å². The molecule has 422 valence electrons. The lowest BCUT2D eigenvalue weighted by atomic mass is 10.1. The Balaban J connectivity index is 5.29. The molecule has 1 unspecified atom stereocenters. The number of unbranched alkanes of at least 4 members (excludes halogenated alkanes) is 18. The second-order valence-electron chi connectivity index (χ2n) is 19.0. The number of carbonyl (C=O) groups excluding carboxylic acids is 3. The Labute approximate surface area is 449 Å². The van der Waals surface area contributed by atoms with Crippen molar-refractivity contribution >= 4 is 41.7 Å². The van der Waals surface area contributed by atoms with Crippen LogP contribution in [0, 0.1) is 47.4 Å². The van der Waals surface area contributed by atoms with E-state index in [9.17, 15) is 43.8 Å². The number of carbonyl (C=O) groups is 7. The molecule has 0 heterocycles. The maximum Gasteiger partial charge on any atom is 0.317 e. The summed E-state index contributed by atoms with van der Waals surface area (Å²) < 4.78 is 11.5. The summed E-state index contributed by atoms with van der Waals surface area (Å²) in [5, 5.41) is 37.4. The van der Waals surface area contributed by atoms with Crippen molar-refractivity contribution < 1.29 is 63.5 Å². The smallest absolute Gasteiger partial charge is 0.317 e. The van der Waals surface area contributed by atoms with Crippen LogP contribution in [-0.2, 0) is 43.0 Å². The molecule has 0 aromatic carbocycles.